The number of anilines is 3. The van der Waals surface area contributed by atoms with E-state index in [1.54, 1.807) is 0 Å². The van der Waals surface area contributed by atoms with Crippen molar-refractivity contribution in [2.24, 2.45) is 11.8 Å². The summed E-state index contributed by atoms with van der Waals surface area (Å²) in [5.41, 5.74) is 0. The first-order valence-corrected chi connectivity index (χ1v) is 11.9. The SMILES string of the molecule is CC1CCN(c2cc(N3CCCC(C)C3)nc(NC(=S)NC3CCCC3)n2)CC1. The van der Waals surface area contributed by atoms with Crippen molar-refractivity contribution in [2.45, 2.75) is 71.3 Å². The number of rotatable bonds is 4. The molecule has 0 spiro atoms. The van der Waals surface area contributed by atoms with E-state index in [1.807, 2.05) is 0 Å². The molecule has 0 radical (unpaired) electrons. The first kappa shape index (κ1) is 20.6. The fourth-order valence-corrected chi connectivity index (χ4v) is 5.09. The molecule has 4 rings (SSSR count). The molecule has 160 valence electrons. The molecule has 1 aliphatic carbocycles. The molecule has 2 N–H and O–H groups in total. The molecule has 6 nitrogen and oxygen atoms in total. The predicted octanol–water partition coefficient (Wildman–Crippen LogP) is 4.18. The molecular weight excluding hydrogens is 380 g/mol. The minimum atomic E-state index is 0.490. The average Bonchev–Trinajstić information content (AvgIpc) is 3.21. The number of aromatic nitrogens is 2. The predicted molar refractivity (Wildman–Crippen MR) is 125 cm³/mol. The van der Waals surface area contributed by atoms with Crippen LogP contribution in [0.3, 0.4) is 0 Å². The van der Waals surface area contributed by atoms with Crippen LogP contribution in [0.15, 0.2) is 6.07 Å². The molecule has 1 saturated carbocycles. The van der Waals surface area contributed by atoms with Gasteiger partial charge in [0.2, 0.25) is 5.95 Å². The molecular formula is C22H36N6S. The number of nitrogens with zero attached hydrogens (tertiary/aromatic N) is 4. The van der Waals surface area contributed by atoms with Crippen LogP contribution in [0.25, 0.3) is 0 Å². The molecule has 2 saturated heterocycles. The topological polar surface area (TPSA) is 56.3 Å². The molecule has 7 heteroatoms. The van der Waals surface area contributed by atoms with Gasteiger partial charge < -0.3 is 20.4 Å². The quantitative estimate of drug-likeness (QED) is 0.714. The second-order valence-corrected chi connectivity index (χ2v) is 9.76. The third-order valence-corrected chi connectivity index (χ3v) is 6.92. The first-order chi connectivity index (χ1) is 14.1. The summed E-state index contributed by atoms with van der Waals surface area (Å²) in [5, 5.41) is 7.40. The van der Waals surface area contributed by atoms with E-state index < -0.39 is 0 Å². The maximum atomic E-state index is 5.58. The van der Waals surface area contributed by atoms with Gasteiger partial charge in [0.15, 0.2) is 5.11 Å². The van der Waals surface area contributed by atoms with Crippen molar-refractivity contribution < 1.29 is 0 Å². The van der Waals surface area contributed by atoms with Crippen LogP contribution in [0.5, 0.6) is 0 Å². The van der Waals surface area contributed by atoms with Crippen LogP contribution in [0.1, 0.15) is 65.2 Å². The maximum absolute atomic E-state index is 5.58. The number of thiocarbonyl (C=S) groups is 1. The van der Waals surface area contributed by atoms with Gasteiger partial charge in [0.1, 0.15) is 11.6 Å². The summed E-state index contributed by atoms with van der Waals surface area (Å²) in [7, 11) is 0. The van der Waals surface area contributed by atoms with E-state index in [1.165, 1.54) is 51.4 Å². The molecule has 0 aromatic carbocycles. The molecule has 3 aliphatic rings. The van der Waals surface area contributed by atoms with Crippen LogP contribution in [0, 0.1) is 11.8 Å². The van der Waals surface area contributed by atoms with E-state index in [-0.39, 0.29) is 0 Å². The van der Waals surface area contributed by atoms with Crippen molar-refractivity contribution >= 4 is 34.9 Å². The lowest BCUT2D eigenvalue weighted by Crippen LogP contribution is -2.38. The van der Waals surface area contributed by atoms with Crippen molar-refractivity contribution in [3.8, 4) is 0 Å². The summed E-state index contributed by atoms with van der Waals surface area (Å²) in [6.45, 7) is 8.95. The second kappa shape index (κ2) is 9.45. The second-order valence-electron chi connectivity index (χ2n) is 9.35. The molecule has 3 heterocycles. The Morgan fingerprint density at radius 2 is 1.59 bits per heavy atom. The van der Waals surface area contributed by atoms with E-state index in [4.69, 9.17) is 22.2 Å². The number of piperidine rings is 2. The van der Waals surface area contributed by atoms with Crippen LogP contribution < -0.4 is 20.4 Å². The van der Waals surface area contributed by atoms with Gasteiger partial charge in [0, 0.05) is 38.3 Å². The van der Waals surface area contributed by atoms with Crippen molar-refractivity contribution in [2.75, 3.05) is 41.3 Å². The Hall–Kier alpha value is -1.63. The number of nitrogens with one attached hydrogen (secondary N) is 2. The highest BCUT2D eigenvalue weighted by atomic mass is 32.1. The molecule has 29 heavy (non-hydrogen) atoms. The molecule has 0 bridgehead atoms. The van der Waals surface area contributed by atoms with Crippen LogP contribution in [0.4, 0.5) is 17.6 Å². The van der Waals surface area contributed by atoms with Gasteiger partial charge in [-0.05, 0) is 62.6 Å². The number of hydrogen-bond acceptors (Lipinski definition) is 5. The standard InChI is InChI=1S/C22H36N6S/c1-16-9-12-27(13-10-16)19-14-20(28-11-5-6-17(2)15-28)25-21(24-19)26-22(29)23-18-7-3-4-8-18/h14,16-18H,3-13,15H2,1-2H3,(H2,23,24,25,26,29). The van der Waals surface area contributed by atoms with E-state index in [0.717, 1.165) is 43.7 Å². The minimum absolute atomic E-state index is 0.490. The highest BCUT2D eigenvalue weighted by Gasteiger charge is 2.23. The Labute approximate surface area is 180 Å². The van der Waals surface area contributed by atoms with Crippen molar-refractivity contribution in [3.63, 3.8) is 0 Å². The van der Waals surface area contributed by atoms with Crippen LogP contribution in [-0.2, 0) is 0 Å². The average molecular weight is 417 g/mol. The maximum Gasteiger partial charge on any atom is 0.232 e. The van der Waals surface area contributed by atoms with Gasteiger partial charge >= 0.3 is 0 Å². The zero-order valence-corrected chi connectivity index (χ0v) is 18.8. The normalized spacial score (nSPS) is 24.0. The van der Waals surface area contributed by atoms with Gasteiger partial charge in [-0.2, -0.15) is 9.97 Å². The highest BCUT2D eigenvalue weighted by molar-refractivity contribution is 7.80. The lowest BCUT2D eigenvalue weighted by Gasteiger charge is -2.34. The summed E-state index contributed by atoms with van der Waals surface area (Å²) in [6, 6.07) is 2.68. The molecule has 1 atom stereocenters. The molecule has 1 aromatic rings. The van der Waals surface area contributed by atoms with Crippen molar-refractivity contribution in [1.82, 2.24) is 15.3 Å². The molecule has 3 fully saturated rings. The minimum Gasteiger partial charge on any atom is -0.360 e. The molecule has 0 amide bonds. The summed E-state index contributed by atoms with van der Waals surface area (Å²) in [4.78, 5) is 14.6. The summed E-state index contributed by atoms with van der Waals surface area (Å²) in [6.07, 6.45) is 9.96. The van der Waals surface area contributed by atoms with Gasteiger partial charge in [0.05, 0.1) is 0 Å². The van der Waals surface area contributed by atoms with Gasteiger partial charge in [-0.25, -0.2) is 0 Å². The number of hydrogen-bond donors (Lipinski definition) is 2. The largest absolute Gasteiger partial charge is 0.360 e. The molecule has 2 aliphatic heterocycles. The Balaban J connectivity index is 1.52. The lowest BCUT2D eigenvalue weighted by atomic mass is 9.99. The van der Waals surface area contributed by atoms with Crippen LogP contribution in [-0.4, -0.2) is 47.3 Å². The summed E-state index contributed by atoms with van der Waals surface area (Å²) >= 11 is 5.58. The fourth-order valence-electron chi connectivity index (χ4n) is 4.83. The van der Waals surface area contributed by atoms with E-state index in [0.29, 0.717) is 23.0 Å². The lowest BCUT2D eigenvalue weighted by molar-refractivity contribution is 0.435. The third kappa shape index (κ3) is 5.50. The summed E-state index contributed by atoms with van der Waals surface area (Å²) < 4.78 is 0. The zero-order chi connectivity index (χ0) is 20.2. The Bertz CT molecular complexity index is 697. The highest BCUT2D eigenvalue weighted by Crippen LogP contribution is 2.28. The molecule has 1 unspecified atom stereocenters. The van der Waals surface area contributed by atoms with Gasteiger partial charge in [-0.15, -0.1) is 0 Å². The third-order valence-electron chi connectivity index (χ3n) is 6.70. The van der Waals surface area contributed by atoms with Gasteiger partial charge in [-0.1, -0.05) is 26.7 Å². The van der Waals surface area contributed by atoms with Crippen molar-refractivity contribution in [3.05, 3.63) is 6.07 Å². The van der Waals surface area contributed by atoms with Crippen LogP contribution in [0.2, 0.25) is 0 Å². The monoisotopic (exact) mass is 416 g/mol. The smallest absolute Gasteiger partial charge is 0.232 e. The zero-order valence-electron chi connectivity index (χ0n) is 18.0. The van der Waals surface area contributed by atoms with Crippen molar-refractivity contribution in [1.29, 1.82) is 0 Å². The first-order valence-electron chi connectivity index (χ1n) is 11.5. The van der Waals surface area contributed by atoms with E-state index in [2.05, 4.69) is 40.3 Å². The molecule has 1 aromatic heterocycles. The van der Waals surface area contributed by atoms with E-state index in [9.17, 15) is 0 Å². The van der Waals surface area contributed by atoms with Crippen LogP contribution >= 0.6 is 12.2 Å². The Morgan fingerprint density at radius 1 is 0.897 bits per heavy atom. The van der Waals surface area contributed by atoms with Gasteiger partial charge in [-0.3, -0.25) is 0 Å². The van der Waals surface area contributed by atoms with Gasteiger partial charge in [0.25, 0.3) is 0 Å². The fraction of sp³-hybridized carbons (Fsp3) is 0.773. The Morgan fingerprint density at radius 3 is 2.28 bits per heavy atom. The van der Waals surface area contributed by atoms with E-state index >= 15 is 0 Å². The Kier molecular flexibility index (Phi) is 6.73. The summed E-state index contributed by atoms with van der Waals surface area (Å²) in [5.74, 6) is 4.21.